The molecule has 0 saturated carbocycles. The molecular weight excluding hydrogens is 487 g/mol. The van der Waals surface area contributed by atoms with Gasteiger partial charge in [0.2, 0.25) is 5.95 Å². The highest BCUT2D eigenvalue weighted by Gasteiger charge is 2.30. The number of methoxy groups -OCH3 is 1. The number of nitrogens with one attached hydrogen (secondary N) is 3. The Kier molecular flexibility index (Phi) is 7.68. The van der Waals surface area contributed by atoms with E-state index in [-0.39, 0.29) is 5.56 Å². The van der Waals surface area contributed by atoms with Crippen LogP contribution in [0.5, 0.6) is 0 Å². The van der Waals surface area contributed by atoms with Crippen LogP contribution in [0.1, 0.15) is 21.5 Å². The van der Waals surface area contributed by atoms with E-state index in [1.165, 1.54) is 18.5 Å². The molecular formula is C25H24F3N7O2. The first kappa shape index (κ1) is 25.6. The molecule has 37 heavy (non-hydrogen) atoms. The number of amides is 1. The first-order valence-corrected chi connectivity index (χ1v) is 11.2. The number of ether oxygens (including phenoxy) is 1. The summed E-state index contributed by atoms with van der Waals surface area (Å²) in [5, 5.41) is 9.02. The van der Waals surface area contributed by atoms with Crippen LogP contribution < -0.4 is 16.0 Å². The minimum atomic E-state index is -4.54. The summed E-state index contributed by atoms with van der Waals surface area (Å²) < 4.78 is 45.8. The van der Waals surface area contributed by atoms with Crippen molar-refractivity contribution in [1.29, 1.82) is 0 Å². The number of benzene rings is 2. The molecule has 4 rings (SSSR count). The summed E-state index contributed by atoms with van der Waals surface area (Å²) in [6, 6.07) is 11.2. The average Bonchev–Trinajstić information content (AvgIpc) is 3.34. The highest BCUT2D eigenvalue weighted by Crippen LogP contribution is 2.30. The van der Waals surface area contributed by atoms with Crippen molar-refractivity contribution in [3.05, 3.63) is 83.9 Å². The molecule has 0 aliphatic carbocycles. The van der Waals surface area contributed by atoms with Crippen LogP contribution in [0.25, 0.3) is 5.82 Å². The lowest BCUT2D eigenvalue weighted by Crippen LogP contribution is -2.14. The Bertz CT molecular complexity index is 1390. The number of halogens is 3. The summed E-state index contributed by atoms with van der Waals surface area (Å²) in [6.45, 7) is 2.98. The van der Waals surface area contributed by atoms with E-state index < -0.39 is 17.6 Å². The number of rotatable bonds is 9. The van der Waals surface area contributed by atoms with E-state index in [0.29, 0.717) is 42.1 Å². The van der Waals surface area contributed by atoms with Gasteiger partial charge < -0.3 is 20.7 Å². The number of imidazole rings is 1. The van der Waals surface area contributed by atoms with E-state index in [1.54, 1.807) is 48.3 Å². The van der Waals surface area contributed by atoms with E-state index in [9.17, 15) is 18.0 Å². The Morgan fingerprint density at radius 1 is 1.08 bits per heavy atom. The molecule has 0 bridgehead atoms. The predicted molar refractivity (Wildman–Crippen MR) is 133 cm³/mol. The van der Waals surface area contributed by atoms with Crippen molar-refractivity contribution in [2.24, 2.45) is 0 Å². The van der Waals surface area contributed by atoms with Crippen LogP contribution in [0, 0.1) is 6.92 Å². The largest absolute Gasteiger partial charge is 0.416 e. The Balaban J connectivity index is 1.52. The third-order valence-corrected chi connectivity index (χ3v) is 5.35. The van der Waals surface area contributed by atoms with Gasteiger partial charge in [-0.25, -0.2) is 15.0 Å². The molecule has 192 valence electrons. The molecule has 9 nitrogen and oxygen atoms in total. The SMILES string of the molecule is COCCNc1cc(-n2ccnc2Nc2cc(NC(=O)c3cccc(C(F)(F)F)c3)ccc2C)ncn1. The zero-order chi connectivity index (χ0) is 26.4. The van der Waals surface area contributed by atoms with Crippen molar-refractivity contribution >= 4 is 29.0 Å². The molecule has 0 atom stereocenters. The molecule has 0 fully saturated rings. The molecule has 4 aromatic rings. The summed E-state index contributed by atoms with van der Waals surface area (Å²) in [7, 11) is 1.62. The molecule has 0 radical (unpaired) electrons. The zero-order valence-corrected chi connectivity index (χ0v) is 20.0. The van der Waals surface area contributed by atoms with Crippen molar-refractivity contribution in [1.82, 2.24) is 19.5 Å². The van der Waals surface area contributed by atoms with Crippen LogP contribution in [0.15, 0.2) is 67.3 Å². The number of carbonyl (C=O) groups excluding carboxylic acids is 1. The van der Waals surface area contributed by atoms with Crippen molar-refractivity contribution in [3.8, 4) is 5.82 Å². The van der Waals surface area contributed by atoms with E-state index >= 15 is 0 Å². The maximum Gasteiger partial charge on any atom is 0.416 e. The molecule has 0 spiro atoms. The summed E-state index contributed by atoms with van der Waals surface area (Å²) in [4.78, 5) is 25.5. The smallest absolute Gasteiger partial charge is 0.383 e. The second-order valence-corrected chi connectivity index (χ2v) is 7.99. The number of hydrogen-bond donors (Lipinski definition) is 3. The van der Waals surface area contributed by atoms with Crippen molar-refractivity contribution < 1.29 is 22.7 Å². The summed E-state index contributed by atoms with van der Waals surface area (Å²) >= 11 is 0. The second kappa shape index (κ2) is 11.1. The number of anilines is 4. The number of alkyl halides is 3. The first-order valence-electron chi connectivity index (χ1n) is 11.2. The zero-order valence-electron chi connectivity index (χ0n) is 20.0. The first-order chi connectivity index (χ1) is 17.7. The summed E-state index contributed by atoms with van der Waals surface area (Å²) in [5.74, 6) is 1.00. The van der Waals surface area contributed by atoms with Gasteiger partial charge in [0.15, 0.2) is 0 Å². The number of nitrogens with zero attached hydrogens (tertiary/aromatic N) is 4. The Morgan fingerprint density at radius 3 is 2.70 bits per heavy atom. The summed E-state index contributed by atoms with van der Waals surface area (Å²) in [5.41, 5.74) is 0.914. The molecule has 2 aromatic carbocycles. The molecule has 12 heteroatoms. The van der Waals surface area contributed by atoms with Gasteiger partial charge in [-0.2, -0.15) is 13.2 Å². The molecule has 0 unspecified atom stereocenters. The highest BCUT2D eigenvalue weighted by molar-refractivity contribution is 6.04. The van der Waals surface area contributed by atoms with Crippen molar-refractivity contribution in [3.63, 3.8) is 0 Å². The summed E-state index contributed by atoms with van der Waals surface area (Å²) in [6.07, 6.45) is 0.238. The van der Waals surface area contributed by atoms with Gasteiger partial charge in [-0.15, -0.1) is 0 Å². The van der Waals surface area contributed by atoms with E-state index in [2.05, 4.69) is 30.9 Å². The molecule has 0 aliphatic rings. The lowest BCUT2D eigenvalue weighted by molar-refractivity contribution is -0.137. The molecule has 0 aliphatic heterocycles. The Labute approximate surface area is 210 Å². The predicted octanol–water partition coefficient (Wildman–Crippen LogP) is 5.04. The van der Waals surface area contributed by atoms with Crippen LogP contribution in [0.3, 0.4) is 0 Å². The van der Waals surface area contributed by atoms with Gasteiger partial charge in [-0.3, -0.25) is 9.36 Å². The second-order valence-electron chi connectivity index (χ2n) is 7.99. The van der Waals surface area contributed by atoms with Crippen LogP contribution >= 0.6 is 0 Å². The molecule has 0 saturated heterocycles. The molecule has 1 amide bonds. The maximum atomic E-state index is 13.0. The normalized spacial score (nSPS) is 11.3. The number of aromatic nitrogens is 4. The van der Waals surface area contributed by atoms with E-state index in [0.717, 1.165) is 17.7 Å². The number of aryl methyl sites for hydroxylation is 1. The lowest BCUT2D eigenvalue weighted by Gasteiger charge is -2.14. The molecule has 2 heterocycles. The number of carbonyl (C=O) groups is 1. The van der Waals surface area contributed by atoms with Crippen molar-refractivity contribution in [2.45, 2.75) is 13.1 Å². The van der Waals surface area contributed by atoms with Gasteiger partial charge in [-0.05, 0) is 42.8 Å². The number of hydrogen-bond acceptors (Lipinski definition) is 7. The lowest BCUT2D eigenvalue weighted by atomic mass is 10.1. The Hall–Kier alpha value is -4.45. The maximum absolute atomic E-state index is 13.0. The topological polar surface area (TPSA) is 106 Å². The fraction of sp³-hybridized carbons (Fsp3) is 0.200. The fourth-order valence-corrected chi connectivity index (χ4v) is 3.43. The van der Waals surface area contributed by atoms with Crippen molar-refractivity contribution in [2.75, 3.05) is 36.2 Å². The van der Waals surface area contributed by atoms with Gasteiger partial charge in [0.1, 0.15) is 18.0 Å². The average molecular weight is 512 g/mol. The van der Waals surface area contributed by atoms with Gasteiger partial charge in [0.25, 0.3) is 5.91 Å². The van der Waals surface area contributed by atoms with Crippen LogP contribution in [-0.4, -0.2) is 45.7 Å². The van der Waals surface area contributed by atoms with Crippen LogP contribution in [0.2, 0.25) is 0 Å². The Morgan fingerprint density at radius 2 is 1.92 bits per heavy atom. The van der Waals surface area contributed by atoms with Gasteiger partial charge in [0, 0.05) is 49.1 Å². The standard InChI is InChI=1S/C25H24F3N7O2/c1-16-6-7-19(33-23(36)17-4-3-5-18(12-17)25(26,27)28)13-20(16)34-24-30-8-10-35(24)22-14-21(31-15-32-22)29-9-11-37-2/h3-8,10,12-15H,9,11H2,1-2H3,(H,30,34)(H,33,36)(H,29,31,32). The van der Waals surface area contributed by atoms with Gasteiger partial charge in [0.05, 0.1) is 12.2 Å². The third-order valence-electron chi connectivity index (χ3n) is 5.35. The highest BCUT2D eigenvalue weighted by atomic mass is 19.4. The van der Waals surface area contributed by atoms with Gasteiger partial charge >= 0.3 is 6.18 Å². The van der Waals surface area contributed by atoms with E-state index in [4.69, 9.17) is 4.74 Å². The molecule has 2 aromatic heterocycles. The third kappa shape index (κ3) is 6.41. The minimum Gasteiger partial charge on any atom is -0.383 e. The minimum absolute atomic E-state index is 0.0980. The fourth-order valence-electron chi connectivity index (χ4n) is 3.43. The van der Waals surface area contributed by atoms with E-state index in [1.807, 2.05) is 6.92 Å². The molecule has 3 N–H and O–H groups in total. The van der Waals surface area contributed by atoms with Gasteiger partial charge in [-0.1, -0.05) is 12.1 Å². The monoisotopic (exact) mass is 511 g/mol. The van der Waals surface area contributed by atoms with Crippen LogP contribution in [0.4, 0.5) is 36.3 Å². The quantitative estimate of drug-likeness (QED) is 0.270. The van der Waals surface area contributed by atoms with Crippen LogP contribution in [-0.2, 0) is 10.9 Å².